The first-order valence-electron chi connectivity index (χ1n) is 8.57. The Labute approximate surface area is 143 Å². The van der Waals surface area contributed by atoms with Crippen LogP contribution in [0.2, 0.25) is 0 Å². The summed E-state index contributed by atoms with van der Waals surface area (Å²) in [5.74, 6) is 0.233. The van der Waals surface area contributed by atoms with Gasteiger partial charge in [0, 0.05) is 30.1 Å². The van der Waals surface area contributed by atoms with Crippen LogP contribution in [0.25, 0.3) is 0 Å². The van der Waals surface area contributed by atoms with Crippen molar-refractivity contribution in [3.8, 4) is 0 Å². The zero-order valence-corrected chi connectivity index (χ0v) is 14.8. The molecule has 24 heavy (non-hydrogen) atoms. The highest BCUT2D eigenvalue weighted by atomic mass is 32.2. The van der Waals surface area contributed by atoms with Gasteiger partial charge in [-0.2, -0.15) is 0 Å². The molecule has 1 aromatic heterocycles. The predicted molar refractivity (Wildman–Crippen MR) is 88.9 cm³/mol. The van der Waals surface area contributed by atoms with Gasteiger partial charge in [0.1, 0.15) is 0 Å². The van der Waals surface area contributed by atoms with Crippen molar-refractivity contribution in [3.05, 3.63) is 29.6 Å². The summed E-state index contributed by atoms with van der Waals surface area (Å²) in [5.41, 5.74) is 1.67. The van der Waals surface area contributed by atoms with E-state index >= 15 is 0 Å². The average Bonchev–Trinajstić information content (AvgIpc) is 3.23. The Kier molecular flexibility index (Phi) is 4.15. The molecule has 7 heteroatoms. The van der Waals surface area contributed by atoms with Gasteiger partial charge in [-0.05, 0) is 31.9 Å². The van der Waals surface area contributed by atoms with Gasteiger partial charge in [-0.15, -0.1) is 0 Å². The first kappa shape index (κ1) is 16.4. The van der Waals surface area contributed by atoms with E-state index in [1.165, 1.54) is 0 Å². The number of aryl methyl sites for hydroxylation is 1. The van der Waals surface area contributed by atoms with Gasteiger partial charge in [0.2, 0.25) is 10.0 Å². The molecule has 1 aliphatic carbocycles. The number of fused-ring (bicyclic) bond motifs is 1. The highest BCUT2D eigenvalue weighted by Gasteiger charge is 2.55. The minimum Gasteiger partial charge on any atom is -0.380 e. The monoisotopic (exact) mass is 352 g/mol. The molecule has 1 aromatic rings. The van der Waals surface area contributed by atoms with Gasteiger partial charge in [0.05, 0.1) is 37.4 Å². The highest BCUT2D eigenvalue weighted by Crippen LogP contribution is 2.45. The largest absolute Gasteiger partial charge is 0.380 e. The molecule has 3 heterocycles. The number of rotatable bonds is 6. The third-order valence-corrected chi connectivity index (χ3v) is 7.69. The Morgan fingerprint density at radius 2 is 2.25 bits per heavy atom. The quantitative estimate of drug-likeness (QED) is 0.773. The fourth-order valence-electron chi connectivity index (χ4n) is 3.80. The second-order valence-electron chi connectivity index (χ2n) is 7.37. The number of hydrogen-bond acceptors (Lipinski definition) is 5. The van der Waals surface area contributed by atoms with Gasteiger partial charge in [-0.25, -0.2) is 12.7 Å². The fraction of sp³-hybridized carbons (Fsp3) is 0.706. The molecule has 2 saturated heterocycles. The SMILES string of the molecule is Cc1cccc(COC[C@]23COC[C@H]2CN(S(=O)(=O)C2CC2)C3)n1. The second-order valence-corrected chi connectivity index (χ2v) is 9.59. The smallest absolute Gasteiger partial charge is 0.217 e. The minimum absolute atomic E-state index is 0.147. The summed E-state index contributed by atoms with van der Waals surface area (Å²) in [5, 5.41) is -0.147. The van der Waals surface area contributed by atoms with E-state index in [9.17, 15) is 8.42 Å². The molecular weight excluding hydrogens is 328 g/mol. The van der Waals surface area contributed by atoms with Crippen LogP contribution in [0.15, 0.2) is 18.2 Å². The Bertz CT molecular complexity index is 719. The summed E-state index contributed by atoms with van der Waals surface area (Å²) in [7, 11) is -3.12. The highest BCUT2D eigenvalue weighted by molar-refractivity contribution is 7.90. The van der Waals surface area contributed by atoms with E-state index in [-0.39, 0.29) is 16.6 Å². The van der Waals surface area contributed by atoms with Crippen molar-refractivity contribution in [1.82, 2.24) is 9.29 Å². The molecule has 2 aliphatic heterocycles. The minimum atomic E-state index is -3.12. The normalized spacial score (nSPS) is 30.6. The maximum Gasteiger partial charge on any atom is 0.217 e. The lowest BCUT2D eigenvalue weighted by atomic mass is 9.82. The lowest BCUT2D eigenvalue weighted by Gasteiger charge is -2.26. The third kappa shape index (κ3) is 2.98. The Balaban J connectivity index is 1.41. The molecule has 1 saturated carbocycles. The van der Waals surface area contributed by atoms with Crippen LogP contribution in [0, 0.1) is 18.3 Å². The summed E-state index contributed by atoms with van der Waals surface area (Å²) in [6.45, 7) is 5.23. The number of nitrogens with zero attached hydrogens (tertiary/aromatic N) is 2. The van der Waals surface area contributed by atoms with Crippen LogP contribution < -0.4 is 0 Å². The van der Waals surface area contributed by atoms with E-state index in [4.69, 9.17) is 9.47 Å². The maximum absolute atomic E-state index is 12.5. The van der Waals surface area contributed by atoms with E-state index in [1.54, 1.807) is 4.31 Å². The number of sulfonamides is 1. The Morgan fingerprint density at radius 1 is 1.42 bits per heavy atom. The van der Waals surface area contributed by atoms with Gasteiger partial charge in [-0.1, -0.05) is 6.07 Å². The molecule has 0 N–H and O–H groups in total. The second kappa shape index (κ2) is 6.05. The predicted octanol–water partition coefficient (Wildman–Crippen LogP) is 1.35. The summed E-state index contributed by atoms with van der Waals surface area (Å²) in [6, 6.07) is 5.88. The number of pyridine rings is 1. The van der Waals surface area contributed by atoms with Crippen molar-refractivity contribution in [2.45, 2.75) is 31.6 Å². The van der Waals surface area contributed by atoms with E-state index in [0.717, 1.165) is 24.2 Å². The van der Waals surface area contributed by atoms with Crippen molar-refractivity contribution in [2.75, 3.05) is 32.9 Å². The number of hydrogen-bond donors (Lipinski definition) is 0. The molecule has 0 amide bonds. The zero-order valence-electron chi connectivity index (χ0n) is 14.0. The molecule has 4 rings (SSSR count). The molecule has 0 unspecified atom stereocenters. The lowest BCUT2D eigenvalue weighted by molar-refractivity contribution is 0.0211. The van der Waals surface area contributed by atoms with Gasteiger partial charge < -0.3 is 9.47 Å². The standard InChI is InChI=1S/C17H24N2O4S/c1-13-3-2-4-15(18-13)9-23-12-17-10-19(7-14(17)8-22-11-17)24(20,21)16-5-6-16/h2-4,14,16H,5-12H2,1H3/t14-,17+/m1/s1. The molecule has 2 atom stereocenters. The van der Waals surface area contributed by atoms with Gasteiger partial charge in [0.15, 0.2) is 0 Å². The Morgan fingerprint density at radius 3 is 3.00 bits per heavy atom. The number of ether oxygens (including phenoxy) is 2. The maximum atomic E-state index is 12.5. The molecule has 0 aromatic carbocycles. The molecule has 3 fully saturated rings. The molecule has 6 nitrogen and oxygen atoms in total. The lowest BCUT2D eigenvalue weighted by Crippen LogP contribution is -2.38. The van der Waals surface area contributed by atoms with Crippen LogP contribution in [0.4, 0.5) is 0 Å². The van der Waals surface area contributed by atoms with Crippen LogP contribution in [-0.4, -0.2) is 55.9 Å². The number of aromatic nitrogens is 1. The fourth-order valence-corrected chi connectivity index (χ4v) is 5.77. The Hall–Kier alpha value is -1.02. The summed E-state index contributed by atoms with van der Waals surface area (Å²) in [6.07, 6.45) is 1.62. The van der Waals surface area contributed by atoms with E-state index in [0.29, 0.717) is 39.5 Å². The van der Waals surface area contributed by atoms with E-state index in [1.807, 2.05) is 25.1 Å². The van der Waals surface area contributed by atoms with Gasteiger partial charge >= 0.3 is 0 Å². The first-order chi connectivity index (χ1) is 11.5. The van der Waals surface area contributed by atoms with Crippen molar-refractivity contribution >= 4 is 10.0 Å². The van der Waals surface area contributed by atoms with Gasteiger partial charge in [-0.3, -0.25) is 4.98 Å². The van der Waals surface area contributed by atoms with Crippen LogP contribution in [0.3, 0.4) is 0 Å². The summed E-state index contributed by atoms with van der Waals surface area (Å²) < 4.78 is 38.4. The van der Waals surface area contributed by atoms with Crippen LogP contribution in [-0.2, 0) is 26.1 Å². The van der Waals surface area contributed by atoms with Crippen LogP contribution >= 0.6 is 0 Å². The third-order valence-electron chi connectivity index (χ3n) is 5.38. The van der Waals surface area contributed by atoms with Crippen molar-refractivity contribution < 1.29 is 17.9 Å². The zero-order chi connectivity index (χ0) is 16.8. The average molecular weight is 352 g/mol. The summed E-state index contributed by atoms with van der Waals surface area (Å²) in [4.78, 5) is 4.44. The molecular formula is C17H24N2O4S. The van der Waals surface area contributed by atoms with Crippen LogP contribution in [0.5, 0.6) is 0 Å². The summed E-state index contributed by atoms with van der Waals surface area (Å²) >= 11 is 0. The molecule has 3 aliphatic rings. The van der Waals surface area contributed by atoms with E-state index in [2.05, 4.69) is 4.98 Å². The van der Waals surface area contributed by atoms with Crippen LogP contribution in [0.1, 0.15) is 24.2 Å². The topological polar surface area (TPSA) is 68.7 Å². The van der Waals surface area contributed by atoms with E-state index < -0.39 is 10.0 Å². The van der Waals surface area contributed by atoms with Crippen molar-refractivity contribution in [1.29, 1.82) is 0 Å². The van der Waals surface area contributed by atoms with Crippen molar-refractivity contribution in [2.24, 2.45) is 11.3 Å². The molecule has 132 valence electrons. The van der Waals surface area contributed by atoms with Gasteiger partial charge in [0.25, 0.3) is 0 Å². The van der Waals surface area contributed by atoms with Crippen molar-refractivity contribution in [3.63, 3.8) is 0 Å². The molecule has 0 spiro atoms. The molecule has 0 bridgehead atoms. The first-order valence-corrected chi connectivity index (χ1v) is 10.1. The molecule has 0 radical (unpaired) electrons.